The second-order valence-electron chi connectivity index (χ2n) is 5.70. The maximum Gasteiger partial charge on any atom is 0.271 e. The molecule has 0 aliphatic heterocycles. The summed E-state index contributed by atoms with van der Waals surface area (Å²) < 4.78 is 5.81. The number of pyridine rings is 1. The van der Waals surface area contributed by atoms with E-state index in [1.165, 1.54) is 12.3 Å². The number of carbonyl (C=O) groups excluding carboxylic acids is 2. The van der Waals surface area contributed by atoms with Crippen molar-refractivity contribution in [2.75, 3.05) is 0 Å². The van der Waals surface area contributed by atoms with Crippen LogP contribution in [-0.2, 0) is 11.4 Å². The average Bonchev–Trinajstić information content (AvgIpc) is 3.15. The van der Waals surface area contributed by atoms with Gasteiger partial charge in [0, 0.05) is 29.4 Å². The summed E-state index contributed by atoms with van der Waals surface area (Å²) in [6.45, 7) is 2.29. The third kappa shape index (κ3) is 5.49. The predicted molar refractivity (Wildman–Crippen MR) is 107 cm³/mol. The first-order chi connectivity index (χ1) is 13.6. The van der Waals surface area contributed by atoms with Crippen LogP contribution >= 0.6 is 11.3 Å². The van der Waals surface area contributed by atoms with E-state index < -0.39 is 11.8 Å². The minimum atomic E-state index is -0.470. The van der Waals surface area contributed by atoms with Crippen LogP contribution in [-0.4, -0.2) is 21.8 Å². The number of benzene rings is 1. The number of hydrazine groups is 1. The molecule has 0 unspecified atom stereocenters. The van der Waals surface area contributed by atoms with Crippen molar-refractivity contribution < 1.29 is 14.3 Å². The van der Waals surface area contributed by atoms with Crippen molar-refractivity contribution in [1.82, 2.24) is 20.8 Å². The molecule has 142 valence electrons. The molecule has 0 saturated carbocycles. The topological polar surface area (TPSA) is 93.2 Å². The lowest BCUT2D eigenvalue weighted by molar-refractivity contribution is -0.117. The van der Waals surface area contributed by atoms with Gasteiger partial charge in [-0.25, -0.2) is 4.98 Å². The highest BCUT2D eigenvalue weighted by Gasteiger charge is 2.06. The van der Waals surface area contributed by atoms with Gasteiger partial charge >= 0.3 is 0 Å². The molecule has 3 aromatic rings. The zero-order valence-corrected chi connectivity index (χ0v) is 15.9. The number of carbonyl (C=O) groups is 2. The SMILES string of the molecule is Cc1nc(COc2ccccc2/C=C/C(=O)NNC(=O)c2cccnc2)cs1. The first kappa shape index (κ1) is 19.2. The first-order valence-electron chi connectivity index (χ1n) is 8.43. The molecule has 3 rings (SSSR count). The van der Waals surface area contributed by atoms with Crippen molar-refractivity contribution >= 4 is 29.2 Å². The van der Waals surface area contributed by atoms with E-state index in [4.69, 9.17) is 4.74 Å². The van der Waals surface area contributed by atoms with Gasteiger partial charge in [-0.3, -0.25) is 25.4 Å². The van der Waals surface area contributed by atoms with E-state index in [1.807, 2.05) is 36.6 Å². The minimum Gasteiger partial charge on any atom is -0.487 e. The number of para-hydroxylation sites is 1. The molecule has 0 bridgehead atoms. The molecule has 0 aliphatic carbocycles. The summed E-state index contributed by atoms with van der Waals surface area (Å²) in [5, 5.41) is 2.93. The Morgan fingerprint density at radius 1 is 1.18 bits per heavy atom. The van der Waals surface area contributed by atoms with Crippen LogP contribution < -0.4 is 15.6 Å². The Morgan fingerprint density at radius 2 is 2.04 bits per heavy atom. The Morgan fingerprint density at radius 3 is 2.79 bits per heavy atom. The quantitative estimate of drug-likeness (QED) is 0.495. The zero-order valence-electron chi connectivity index (χ0n) is 15.1. The number of nitrogens with zero attached hydrogens (tertiary/aromatic N) is 2. The number of thiazole rings is 1. The second kappa shape index (κ2) is 9.43. The van der Waals surface area contributed by atoms with Crippen LogP contribution in [0.1, 0.15) is 26.6 Å². The molecule has 28 heavy (non-hydrogen) atoms. The van der Waals surface area contributed by atoms with Gasteiger partial charge in [0.05, 0.1) is 16.3 Å². The molecule has 0 aliphatic rings. The van der Waals surface area contributed by atoms with Crippen molar-refractivity contribution in [3.8, 4) is 5.75 Å². The van der Waals surface area contributed by atoms with Gasteiger partial charge in [-0.05, 0) is 31.2 Å². The monoisotopic (exact) mass is 394 g/mol. The highest BCUT2D eigenvalue weighted by Crippen LogP contribution is 2.21. The van der Waals surface area contributed by atoms with Crippen LogP contribution in [0, 0.1) is 6.92 Å². The predicted octanol–water partition coefficient (Wildman–Crippen LogP) is 2.90. The Balaban J connectivity index is 1.56. The normalized spacial score (nSPS) is 10.6. The van der Waals surface area contributed by atoms with Gasteiger partial charge in [-0.1, -0.05) is 18.2 Å². The Hall–Kier alpha value is -3.52. The summed E-state index contributed by atoms with van der Waals surface area (Å²) in [6, 6.07) is 10.6. The number of aryl methyl sites for hydroxylation is 1. The summed E-state index contributed by atoms with van der Waals surface area (Å²) in [6.07, 6.45) is 5.91. The fourth-order valence-corrected chi connectivity index (χ4v) is 2.87. The van der Waals surface area contributed by atoms with Gasteiger partial charge in [-0.15, -0.1) is 11.3 Å². The van der Waals surface area contributed by atoms with Crippen LogP contribution in [0.25, 0.3) is 6.08 Å². The summed E-state index contributed by atoms with van der Waals surface area (Å²) in [5.41, 5.74) is 6.61. The van der Waals surface area contributed by atoms with Gasteiger partial charge < -0.3 is 4.74 Å². The lowest BCUT2D eigenvalue weighted by Gasteiger charge is -2.08. The molecule has 2 amide bonds. The van der Waals surface area contributed by atoms with Crippen LogP contribution in [0.15, 0.2) is 60.2 Å². The van der Waals surface area contributed by atoms with Gasteiger partial charge in [0.25, 0.3) is 11.8 Å². The van der Waals surface area contributed by atoms with Crippen molar-refractivity contribution in [1.29, 1.82) is 0 Å². The molecule has 0 fully saturated rings. The van der Waals surface area contributed by atoms with Crippen LogP contribution in [0.5, 0.6) is 5.75 Å². The largest absolute Gasteiger partial charge is 0.487 e. The number of nitrogens with one attached hydrogen (secondary N) is 2. The lowest BCUT2D eigenvalue weighted by Crippen LogP contribution is -2.40. The van der Waals surface area contributed by atoms with Gasteiger partial charge in [-0.2, -0.15) is 0 Å². The number of hydrogen-bond donors (Lipinski definition) is 2. The summed E-state index contributed by atoms with van der Waals surface area (Å²) in [4.78, 5) is 32.1. The Labute approximate surface area is 166 Å². The smallest absolute Gasteiger partial charge is 0.271 e. The van der Waals surface area contributed by atoms with Crippen LogP contribution in [0.4, 0.5) is 0 Å². The van der Waals surface area contributed by atoms with Crippen molar-refractivity contribution in [3.05, 3.63) is 82.1 Å². The number of aromatic nitrogens is 2. The maximum absolute atomic E-state index is 12.0. The molecule has 2 aromatic heterocycles. The number of hydrogen-bond acceptors (Lipinski definition) is 6. The van der Waals surface area contributed by atoms with E-state index in [9.17, 15) is 9.59 Å². The molecular formula is C20H18N4O3S. The molecule has 1 aromatic carbocycles. The Bertz CT molecular complexity index is 986. The zero-order chi connectivity index (χ0) is 19.8. The maximum atomic E-state index is 12.0. The summed E-state index contributed by atoms with van der Waals surface area (Å²) in [7, 11) is 0. The molecule has 0 atom stereocenters. The molecule has 0 radical (unpaired) electrons. The minimum absolute atomic E-state index is 0.350. The van der Waals surface area contributed by atoms with Crippen molar-refractivity contribution in [3.63, 3.8) is 0 Å². The molecule has 2 N–H and O–H groups in total. The molecular weight excluding hydrogens is 376 g/mol. The average molecular weight is 394 g/mol. The van der Waals surface area contributed by atoms with E-state index >= 15 is 0 Å². The summed E-state index contributed by atoms with van der Waals surface area (Å²) in [5.74, 6) is -0.282. The van der Waals surface area contributed by atoms with Crippen LogP contribution in [0.2, 0.25) is 0 Å². The standard InChI is InChI=1S/C20H18N4O3S/c1-14-22-17(13-28-14)12-27-18-7-3-2-5-15(18)8-9-19(25)23-24-20(26)16-6-4-10-21-11-16/h2-11,13H,12H2,1H3,(H,23,25)(H,24,26)/b9-8+. The Kier molecular flexibility index (Phi) is 6.48. The third-order valence-electron chi connectivity index (χ3n) is 3.60. The van der Waals surface area contributed by atoms with Gasteiger partial charge in [0.15, 0.2) is 0 Å². The number of ether oxygens (including phenoxy) is 1. The fourth-order valence-electron chi connectivity index (χ4n) is 2.27. The van der Waals surface area contributed by atoms with Crippen molar-refractivity contribution in [2.45, 2.75) is 13.5 Å². The second-order valence-corrected chi connectivity index (χ2v) is 6.76. The third-order valence-corrected chi connectivity index (χ3v) is 4.42. The molecule has 2 heterocycles. The molecule has 7 nitrogen and oxygen atoms in total. The van der Waals surface area contributed by atoms with E-state index in [0.29, 0.717) is 17.9 Å². The molecule has 0 saturated heterocycles. The molecule has 0 spiro atoms. The van der Waals surface area contributed by atoms with Gasteiger partial charge in [0.2, 0.25) is 0 Å². The molecule has 8 heteroatoms. The van der Waals surface area contributed by atoms with E-state index in [0.717, 1.165) is 16.3 Å². The summed E-state index contributed by atoms with van der Waals surface area (Å²) >= 11 is 1.57. The van der Waals surface area contributed by atoms with E-state index in [1.54, 1.807) is 35.7 Å². The number of rotatable bonds is 6. The van der Waals surface area contributed by atoms with E-state index in [-0.39, 0.29) is 0 Å². The number of amides is 2. The highest BCUT2D eigenvalue weighted by molar-refractivity contribution is 7.09. The van der Waals surface area contributed by atoms with Crippen molar-refractivity contribution in [2.24, 2.45) is 0 Å². The first-order valence-corrected chi connectivity index (χ1v) is 9.31. The highest BCUT2D eigenvalue weighted by atomic mass is 32.1. The van der Waals surface area contributed by atoms with Gasteiger partial charge in [0.1, 0.15) is 12.4 Å². The lowest BCUT2D eigenvalue weighted by atomic mass is 10.2. The fraction of sp³-hybridized carbons (Fsp3) is 0.100. The van der Waals surface area contributed by atoms with Crippen LogP contribution in [0.3, 0.4) is 0 Å². The van der Waals surface area contributed by atoms with E-state index in [2.05, 4.69) is 20.8 Å².